The van der Waals surface area contributed by atoms with Gasteiger partial charge in [0, 0.05) is 17.2 Å². The molecular formula is C23H19ClN4O7. The summed E-state index contributed by atoms with van der Waals surface area (Å²) in [6.45, 7) is 1.22. The summed E-state index contributed by atoms with van der Waals surface area (Å²) in [7, 11) is 0. The molecule has 1 saturated heterocycles. The first-order chi connectivity index (χ1) is 16.6. The predicted octanol–water partition coefficient (Wildman–Crippen LogP) is 3.91. The van der Waals surface area contributed by atoms with Gasteiger partial charge in [-0.05, 0) is 30.5 Å². The van der Waals surface area contributed by atoms with Gasteiger partial charge in [0.05, 0.1) is 33.8 Å². The summed E-state index contributed by atoms with van der Waals surface area (Å²) in [6, 6.07) is 8.87. The maximum absolute atomic E-state index is 13.7. The number of fused-ring (bicyclic) bond motifs is 1. The molecule has 2 aliphatic rings. The highest BCUT2D eigenvalue weighted by Gasteiger charge is 2.53. The number of hydrogen-bond donors (Lipinski definition) is 0. The van der Waals surface area contributed by atoms with Gasteiger partial charge in [-0.1, -0.05) is 42.8 Å². The van der Waals surface area contributed by atoms with Crippen molar-refractivity contribution in [3.63, 3.8) is 0 Å². The first-order valence-corrected chi connectivity index (χ1v) is 11.0. The number of allylic oxidation sites excluding steroid dienone is 2. The quantitative estimate of drug-likeness (QED) is 0.254. The number of carbonyl (C=O) groups is 3. The topological polar surface area (TPSA) is 144 Å². The normalized spacial score (nSPS) is 21.1. The number of imide groups is 1. The molecule has 1 fully saturated rings. The lowest BCUT2D eigenvalue weighted by Gasteiger charge is -2.30. The summed E-state index contributed by atoms with van der Waals surface area (Å²) in [5.41, 5.74) is -1.33. The maximum Gasteiger partial charge on any atom is 0.282 e. The zero-order valence-electron chi connectivity index (χ0n) is 18.4. The smallest absolute Gasteiger partial charge is 0.272 e. The maximum atomic E-state index is 13.7. The zero-order valence-corrected chi connectivity index (χ0v) is 19.1. The molecule has 180 valence electrons. The van der Waals surface area contributed by atoms with Crippen LogP contribution in [0.3, 0.4) is 0 Å². The Morgan fingerprint density at radius 2 is 1.77 bits per heavy atom. The third kappa shape index (κ3) is 4.26. The lowest BCUT2D eigenvalue weighted by atomic mass is 9.78. The molecule has 35 heavy (non-hydrogen) atoms. The molecule has 2 aromatic carbocycles. The van der Waals surface area contributed by atoms with Crippen LogP contribution < -0.4 is 0 Å². The van der Waals surface area contributed by atoms with Crippen molar-refractivity contribution in [2.45, 2.75) is 19.9 Å². The van der Waals surface area contributed by atoms with Gasteiger partial charge in [-0.25, -0.2) is 5.01 Å². The fourth-order valence-electron chi connectivity index (χ4n) is 4.56. The average Bonchev–Trinajstić information content (AvgIpc) is 3.08. The number of hydrogen-bond acceptors (Lipinski definition) is 7. The molecule has 0 saturated carbocycles. The predicted molar refractivity (Wildman–Crippen MR) is 123 cm³/mol. The van der Waals surface area contributed by atoms with Crippen molar-refractivity contribution in [3.05, 3.63) is 91.0 Å². The molecule has 2 aromatic rings. The van der Waals surface area contributed by atoms with Crippen LogP contribution in [0.15, 0.2) is 54.6 Å². The van der Waals surface area contributed by atoms with Crippen molar-refractivity contribution in [3.8, 4) is 0 Å². The lowest BCUT2D eigenvalue weighted by Crippen LogP contribution is -2.50. The number of nitro groups is 2. The summed E-state index contributed by atoms with van der Waals surface area (Å²) in [4.78, 5) is 62.1. The standard InChI is InChI=1S/C23H19ClN4O7/c1-13-5-4-7-17-20(13)23(31)26(22(17)30)25(12-14-9-10-15(24)11-19(14)28(34)35)21(29)16-6-2-3-8-18(16)27(32)33/h2-6,8-11,13,17,20H,7,12H2,1H3/t13-,17+,20+/m1/s1. The van der Waals surface area contributed by atoms with E-state index in [1.54, 1.807) is 13.0 Å². The molecule has 3 atom stereocenters. The Hall–Kier alpha value is -4.12. The minimum Gasteiger partial charge on any atom is -0.272 e. The Morgan fingerprint density at radius 1 is 1.09 bits per heavy atom. The Kier molecular flexibility index (Phi) is 6.35. The van der Waals surface area contributed by atoms with Crippen molar-refractivity contribution in [2.24, 2.45) is 17.8 Å². The third-order valence-electron chi connectivity index (χ3n) is 6.22. The Labute approximate surface area is 203 Å². The Morgan fingerprint density at radius 3 is 2.43 bits per heavy atom. The summed E-state index contributed by atoms with van der Waals surface area (Å²) in [5.74, 6) is -3.98. The van der Waals surface area contributed by atoms with E-state index in [4.69, 9.17) is 11.6 Å². The van der Waals surface area contributed by atoms with Crippen LogP contribution in [0.25, 0.3) is 0 Å². The van der Waals surface area contributed by atoms with Gasteiger partial charge in [-0.2, -0.15) is 5.01 Å². The van der Waals surface area contributed by atoms with Crippen molar-refractivity contribution in [1.29, 1.82) is 0 Å². The number of hydrazine groups is 1. The van der Waals surface area contributed by atoms with Crippen LogP contribution in [-0.2, 0) is 16.1 Å². The van der Waals surface area contributed by atoms with Gasteiger partial charge in [-0.15, -0.1) is 0 Å². The van der Waals surface area contributed by atoms with Gasteiger partial charge < -0.3 is 0 Å². The number of halogens is 1. The number of benzene rings is 2. The van der Waals surface area contributed by atoms with Gasteiger partial charge in [0.15, 0.2) is 0 Å². The molecule has 3 amide bonds. The van der Waals surface area contributed by atoms with Crippen molar-refractivity contribution in [2.75, 3.05) is 0 Å². The van der Waals surface area contributed by atoms with Gasteiger partial charge in [0.1, 0.15) is 5.56 Å². The van der Waals surface area contributed by atoms with Crippen LogP contribution in [0.1, 0.15) is 29.3 Å². The largest absolute Gasteiger partial charge is 0.282 e. The Bertz CT molecular complexity index is 1290. The third-order valence-corrected chi connectivity index (χ3v) is 6.46. The summed E-state index contributed by atoms with van der Waals surface area (Å²) in [6.07, 6.45) is 3.90. The number of rotatable bonds is 6. The number of para-hydroxylation sites is 1. The number of amides is 3. The SMILES string of the molecule is C[C@@H]1C=CC[C@@H]2C(=O)N(N(Cc3ccc(Cl)cc3[N+](=O)[O-])C(=O)c3ccccc3[N+](=O)[O-])C(=O)[C@@H]12. The van der Waals surface area contributed by atoms with Gasteiger partial charge in [0.25, 0.3) is 29.1 Å². The molecule has 4 rings (SSSR count). The second kappa shape index (κ2) is 9.26. The fraction of sp³-hybridized carbons (Fsp3) is 0.261. The fourth-order valence-corrected chi connectivity index (χ4v) is 4.72. The van der Waals surface area contributed by atoms with E-state index in [0.29, 0.717) is 11.4 Å². The summed E-state index contributed by atoms with van der Waals surface area (Å²) in [5, 5.41) is 24.7. The van der Waals surface area contributed by atoms with Gasteiger partial charge in [-0.3, -0.25) is 34.6 Å². The van der Waals surface area contributed by atoms with Crippen LogP contribution in [0, 0.1) is 38.0 Å². The van der Waals surface area contributed by atoms with E-state index in [1.807, 2.05) is 6.08 Å². The minimum absolute atomic E-state index is 0.00650. The van der Waals surface area contributed by atoms with E-state index in [-0.39, 0.29) is 22.1 Å². The second-order valence-electron chi connectivity index (χ2n) is 8.31. The van der Waals surface area contributed by atoms with E-state index in [2.05, 4.69) is 0 Å². The Balaban J connectivity index is 1.84. The molecule has 0 bridgehead atoms. The number of nitrogens with zero attached hydrogens (tertiary/aromatic N) is 4. The highest BCUT2D eigenvalue weighted by atomic mass is 35.5. The van der Waals surface area contributed by atoms with Crippen molar-refractivity contribution >= 4 is 40.7 Å². The molecule has 0 radical (unpaired) electrons. The molecule has 1 aliphatic heterocycles. The molecular weight excluding hydrogens is 480 g/mol. The van der Waals surface area contributed by atoms with Crippen LogP contribution in [0.4, 0.5) is 11.4 Å². The highest BCUT2D eigenvalue weighted by Crippen LogP contribution is 2.40. The molecule has 0 spiro atoms. The van der Waals surface area contributed by atoms with E-state index >= 15 is 0 Å². The van der Waals surface area contributed by atoms with Crippen molar-refractivity contribution in [1.82, 2.24) is 10.0 Å². The molecule has 11 nitrogen and oxygen atoms in total. The summed E-state index contributed by atoms with van der Waals surface area (Å²) < 4.78 is 0. The zero-order chi connectivity index (χ0) is 25.4. The number of nitro benzene ring substituents is 2. The van der Waals surface area contributed by atoms with Gasteiger partial charge in [0.2, 0.25) is 0 Å². The van der Waals surface area contributed by atoms with E-state index in [0.717, 1.165) is 17.1 Å². The van der Waals surface area contributed by atoms with Gasteiger partial charge >= 0.3 is 0 Å². The first kappa shape index (κ1) is 24.0. The van der Waals surface area contributed by atoms with Crippen molar-refractivity contribution < 1.29 is 24.2 Å². The second-order valence-corrected chi connectivity index (χ2v) is 8.75. The van der Waals surface area contributed by atoms with Crippen LogP contribution in [0.2, 0.25) is 5.02 Å². The monoisotopic (exact) mass is 498 g/mol. The van der Waals surface area contributed by atoms with Crippen LogP contribution in [0.5, 0.6) is 0 Å². The minimum atomic E-state index is -1.01. The molecule has 12 heteroatoms. The number of carbonyl (C=O) groups excluding carboxylic acids is 3. The summed E-state index contributed by atoms with van der Waals surface area (Å²) >= 11 is 5.90. The van der Waals surface area contributed by atoms with Crippen LogP contribution in [-0.4, -0.2) is 37.6 Å². The van der Waals surface area contributed by atoms with Crippen LogP contribution >= 0.6 is 11.6 Å². The molecule has 0 aromatic heterocycles. The van der Waals surface area contributed by atoms with E-state index < -0.39 is 57.3 Å². The first-order valence-electron chi connectivity index (χ1n) is 10.6. The highest BCUT2D eigenvalue weighted by molar-refractivity contribution is 6.30. The lowest BCUT2D eigenvalue weighted by molar-refractivity contribution is -0.385. The average molecular weight is 499 g/mol. The molecule has 1 aliphatic carbocycles. The van der Waals surface area contributed by atoms with E-state index in [1.165, 1.54) is 30.3 Å². The molecule has 1 heterocycles. The molecule has 0 N–H and O–H groups in total. The van der Waals surface area contributed by atoms with E-state index in [9.17, 15) is 34.6 Å². The molecule has 0 unspecified atom stereocenters.